The molecule has 1 N–H and O–H groups in total. The molecule has 2 aromatic carbocycles. The maximum absolute atomic E-state index is 13.2. The second-order valence-electron chi connectivity index (χ2n) is 5.78. The highest BCUT2D eigenvalue weighted by atomic mass is 31.2. The van der Waals surface area contributed by atoms with E-state index in [1.165, 1.54) is 43.3 Å². The summed E-state index contributed by atoms with van der Waals surface area (Å²) in [4.78, 5) is 10.2. The van der Waals surface area contributed by atoms with Crippen molar-refractivity contribution in [2.45, 2.75) is 18.9 Å². The third kappa shape index (κ3) is 4.52. The summed E-state index contributed by atoms with van der Waals surface area (Å²) in [7, 11) is -1.57. The maximum Gasteiger partial charge on any atom is 0.416 e. The summed E-state index contributed by atoms with van der Waals surface area (Å²) in [6.45, 7) is 1.28. The van der Waals surface area contributed by atoms with Crippen LogP contribution in [0.4, 0.5) is 24.5 Å². The van der Waals surface area contributed by atoms with Gasteiger partial charge >= 0.3 is 13.8 Å². The standard InChI is InChI=1S/C17H18F3N2O5P/c1-11-14(17(18,19)20)5-4-6-15(11)21-16(28(25,26-2)27-3)12-7-9-13(10-8-12)22(23)24/h4-10,16,21H,1-3H3. The van der Waals surface area contributed by atoms with Crippen LogP contribution in [-0.4, -0.2) is 19.1 Å². The van der Waals surface area contributed by atoms with Gasteiger partial charge in [0.2, 0.25) is 0 Å². The van der Waals surface area contributed by atoms with Crippen LogP contribution in [0, 0.1) is 17.0 Å². The minimum absolute atomic E-state index is 0.0764. The maximum atomic E-state index is 13.2. The Balaban J connectivity index is 2.53. The van der Waals surface area contributed by atoms with E-state index in [9.17, 15) is 27.9 Å². The first-order chi connectivity index (χ1) is 13.0. The highest BCUT2D eigenvalue weighted by Gasteiger charge is 2.38. The van der Waals surface area contributed by atoms with Crippen molar-refractivity contribution in [3.05, 3.63) is 69.3 Å². The zero-order valence-corrected chi connectivity index (χ0v) is 16.1. The van der Waals surface area contributed by atoms with Gasteiger partial charge in [-0.1, -0.05) is 6.07 Å². The summed E-state index contributed by atoms with van der Waals surface area (Å²) in [5, 5.41) is 13.6. The van der Waals surface area contributed by atoms with E-state index in [0.717, 1.165) is 20.3 Å². The Kier molecular flexibility index (Phi) is 6.48. The van der Waals surface area contributed by atoms with Gasteiger partial charge in [-0.25, -0.2) is 0 Å². The van der Waals surface area contributed by atoms with Crippen LogP contribution in [0.5, 0.6) is 0 Å². The molecule has 0 aliphatic heterocycles. The predicted molar refractivity (Wildman–Crippen MR) is 97.3 cm³/mol. The van der Waals surface area contributed by atoms with Gasteiger partial charge in [0.05, 0.1) is 10.5 Å². The lowest BCUT2D eigenvalue weighted by Crippen LogP contribution is -2.16. The normalized spacial score (nSPS) is 13.2. The monoisotopic (exact) mass is 418 g/mol. The topological polar surface area (TPSA) is 90.7 Å². The molecular weight excluding hydrogens is 400 g/mol. The van der Waals surface area contributed by atoms with Crippen LogP contribution in [0.1, 0.15) is 22.5 Å². The highest BCUT2D eigenvalue weighted by Crippen LogP contribution is 2.60. The molecule has 0 saturated heterocycles. The van der Waals surface area contributed by atoms with Crippen LogP contribution >= 0.6 is 7.60 Å². The molecule has 2 aromatic rings. The van der Waals surface area contributed by atoms with Gasteiger partial charge in [0.15, 0.2) is 5.78 Å². The van der Waals surface area contributed by atoms with Gasteiger partial charge in [0.25, 0.3) is 5.69 Å². The van der Waals surface area contributed by atoms with Crippen LogP contribution in [0.3, 0.4) is 0 Å². The molecule has 2 rings (SSSR count). The number of anilines is 1. The molecule has 11 heteroatoms. The molecular formula is C17H18F3N2O5P. The zero-order chi connectivity index (χ0) is 21.1. The average molecular weight is 418 g/mol. The summed E-state index contributed by atoms with van der Waals surface area (Å²) >= 11 is 0. The van der Waals surface area contributed by atoms with Crippen molar-refractivity contribution < 1.29 is 31.7 Å². The molecule has 0 spiro atoms. The summed E-state index contributed by atoms with van der Waals surface area (Å²) in [6.07, 6.45) is -4.56. The third-order valence-electron chi connectivity index (χ3n) is 4.18. The summed E-state index contributed by atoms with van der Waals surface area (Å²) < 4.78 is 62.6. The SMILES string of the molecule is COP(=O)(OC)C(Nc1cccc(C(F)(F)F)c1C)c1ccc([N+](=O)[O-])cc1. The number of benzene rings is 2. The first kappa shape index (κ1) is 21.9. The first-order valence-electron chi connectivity index (χ1n) is 7.92. The molecule has 28 heavy (non-hydrogen) atoms. The summed E-state index contributed by atoms with van der Waals surface area (Å²) in [6, 6.07) is 8.62. The molecule has 7 nitrogen and oxygen atoms in total. The number of hydrogen-bond donors (Lipinski definition) is 1. The number of non-ortho nitro benzene ring substituents is 1. The molecule has 0 aromatic heterocycles. The lowest BCUT2D eigenvalue weighted by Gasteiger charge is -2.27. The third-order valence-corrected chi connectivity index (χ3v) is 6.25. The number of nitrogens with one attached hydrogen (secondary N) is 1. The van der Waals surface area contributed by atoms with E-state index in [-0.39, 0.29) is 22.5 Å². The van der Waals surface area contributed by atoms with E-state index in [2.05, 4.69) is 5.32 Å². The van der Waals surface area contributed by atoms with Crippen LogP contribution in [0.25, 0.3) is 0 Å². The number of nitro benzene ring substituents is 1. The molecule has 0 saturated carbocycles. The Morgan fingerprint density at radius 1 is 1.11 bits per heavy atom. The number of nitrogens with zero attached hydrogens (tertiary/aromatic N) is 1. The molecule has 152 valence electrons. The van der Waals surface area contributed by atoms with E-state index in [4.69, 9.17) is 9.05 Å². The van der Waals surface area contributed by atoms with Crippen LogP contribution in [0.2, 0.25) is 0 Å². The van der Waals surface area contributed by atoms with E-state index in [1.54, 1.807) is 0 Å². The van der Waals surface area contributed by atoms with Gasteiger partial charge in [0, 0.05) is 32.0 Å². The molecule has 0 amide bonds. The average Bonchev–Trinajstić information content (AvgIpc) is 2.65. The Morgan fingerprint density at radius 3 is 2.14 bits per heavy atom. The van der Waals surface area contributed by atoms with Crippen molar-refractivity contribution in [3.63, 3.8) is 0 Å². The van der Waals surface area contributed by atoms with Crippen molar-refractivity contribution in [1.29, 1.82) is 0 Å². The summed E-state index contributed by atoms with van der Waals surface area (Å²) in [5.74, 6) is -1.19. The molecule has 0 radical (unpaired) electrons. The Morgan fingerprint density at radius 2 is 1.68 bits per heavy atom. The van der Waals surface area contributed by atoms with Crippen LogP contribution in [-0.2, 0) is 19.8 Å². The number of halogens is 3. The number of alkyl halides is 3. The van der Waals surface area contributed by atoms with Gasteiger partial charge < -0.3 is 14.4 Å². The molecule has 1 atom stereocenters. The number of hydrogen-bond acceptors (Lipinski definition) is 6. The second kappa shape index (κ2) is 8.30. The first-order valence-corrected chi connectivity index (χ1v) is 9.53. The van der Waals surface area contributed by atoms with Gasteiger partial charge in [-0.05, 0) is 42.3 Å². The quantitative estimate of drug-likeness (QED) is 0.362. The minimum atomic E-state index is -4.56. The van der Waals surface area contributed by atoms with Crippen LogP contribution < -0.4 is 5.32 Å². The van der Waals surface area contributed by atoms with E-state index in [1.807, 2.05) is 0 Å². The fourth-order valence-corrected chi connectivity index (χ4v) is 4.06. The lowest BCUT2D eigenvalue weighted by atomic mass is 10.1. The largest absolute Gasteiger partial charge is 0.416 e. The molecule has 0 fully saturated rings. The molecule has 1 unspecified atom stereocenters. The van der Waals surface area contributed by atoms with Crippen molar-refractivity contribution in [1.82, 2.24) is 0 Å². The van der Waals surface area contributed by atoms with Crippen molar-refractivity contribution in [2.75, 3.05) is 19.5 Å². The lowest BCUT2D eigenvalue weighted by molar-refractivity contribution is -0.384. The number of nitro groups is 1. The van der Waals surface area contributed by atoms with Crippen molar-refractivity contribution in [3.8, 4) is 0 Å². The fourth-order valence-electron chi connectivity index (χ4n) is 2.66. The van der Waals surface area contributed by atoms with Gasteiger partial charge in [-0.2, -0.15) is 13.2 Å². The second-order valence-corrected chi connectivity index (χ2v) is 8.10. The van der Waals surface area contributed by atoms with Gasteiger partial charge in [0.1, 0.15) is 0 Å². The van der Waals surface area contributed by atoms with E-state index < -0.39 is 30.0 Å². The van der Waals surface area contributed by atoms with Crippen molar-refractivity contribution >= 4 is 19.0 Å². The number of rotatable bonds is 7. The fraction of sp³-hybridized carbons (Fsp3) is 0.294. The molecule has 0 heterocycles. The van der Waals surface area contributed by atoms with Crippen LogP contribution in [0.15, 0.2) is 42.5 Å². The minimum Gasteiger partial charge on any atom is -0.368 e. The summed E-state index contributed by atoms with van der Waals surface area (Å²) in [5.41, 5.74) is -0.769. The van der Waals surface area contributed by atoms with Gasteiger partial charge in [-0.15, -0.1) is 0 Å². The predicted octanol–water partition coefficient (Wildman–Crippen LogP) is 5.52. The van der Waals surface area contributed by atoms with Gasteiger partial charge in [-0.3, -0.25) is 14.7 Å². The van der Waals surface area contributed by atoms with Crippen molar-refractivity contribution in [2.24, 2.45) is 0 Å². The molecule has 0 aliphatic rings. The Labute approximate surface area is 159 Å². The molecule has 0 bridgehead atoms. The van der Waals surface area contributed by atoms with E-state index >= 15 is 0 Å². The molecule has 0 aliphatic carbocycles. The highest BCUT2D eigenvalue weighted by molar-refractivity contribution is 7.54. The Bertz CT molecular complexity index is 895. The smallest absolute Gasteiger partial charge is 0.368 e. The van der Waals surface area contributed by atoms with E-state index in [0.29, 0.717) is 0 Å². The zero-order valence-electron chi connectivity index (χ0n) is 15.2. The Hall–Kier alpha value is -2.42.